The third-order valence-corrected chi connectivity index (χ3v) is 4.00. The van der Waals surface area contributed by atoms with Crippen molar-refractivity contribution in [1.82, 2.24) is 5.32 Å². The number of hydrogen-bond donors (Lipinski definition) is 1. The van der Waals surface area contributed by atoms with E-state index in [1.807, 2.05) is 18.4 Å². The molecular weight excluding hydrogens is 258 g/mol. The Balaban J connectivity index is 1.50. The molecule has 1 aromatic heterocycles. The van der Waals surface area contributed by atoms with Gasteiger partial charge in [0, 0.05) is 17.5 Å². The number of fused-ring (bicyclic) bond motifs is 1. The Labute approximate surface area is 125 Å². The summed E-state index contributed by atoms with van der Waals surface area (Å²) in [6, 6.07) is 18.9. The van der Waals surface area contributed by atoms with Gasteiger partial charge in [0.15, 0.2) is 0 Å². The first kappa shape index (κ1) is 13.9. The molecule has 0 saturated carbocycles. The summed E-state index contributed by atoms with van der Waals surface area (Å²) in [4.78, 5) is 0. The van der Waals surface area contributed by atoms with Crippen LogP contribution in [-0.2, 0) is 6.54 Å². The van der Waals surface area contributed by atoms with Crippen LogP contribution < -0.4 is 5.32 Å². The predicted octanol–water partition coefficient (Wildman–Crippen LogP) is 4.72. The zero-order valence-corrected chi connectivity index (χ0v) is 12.4. The van der Waals surface area contributed by atoms with Crippen molar-refractivity contribution in [2.24, 2.45) is 0 Å². The Kier molecular flexibility index (Phi) is 4.37. The third kappa shape index (κ3) is 3.34. The fourth-order valence-electron chi connectivity index (χ4n) is 2.66. The zero-order chi connectivity index (χ0) is 14.5. The molecule has 0 aliphatic heterocycles. The fourth-order valence-corrected chi connectivity index (χ4v) is 2.66. The first-order valence-corrected chi connectivity index (χ1v) is 7.55. The normalized spacial score (nSPS) is 12.6. The highest BCUT2D eigenvalue weighted by molar-refractivity contribution is 5.80. The van der Waals surface area contributed by atoms with Crippen molar-refractivity contribution in [3.8, 4) is 0 Å². The van der Waals surface area contributed by atoms with E-state index in [0.717, 1.165) is 25.1 Å². The van der Waals surface area contributed by atoms with Gasteiger partial charge in [-0.3, -0.25) is 0 Å². The number of rotatable bonds is 6. The lowest BCUT2D eigenvalue weighted by molar-refractivity contribution is 0.580. The second kappa shape index (κ2) is 6.59. The summed E-state index contributed by atoms with van der Waals surface area (Å²) in [5, 5.41) is 4.73. The van der Waals surface area contributed by atoms with E-state index in [2.05, 4.69) is 54.7 Å². The molecule has 0 amide bonds. The number of hydrogen-bond acceptors (Lipinski definition) is 2. The highest BCUT2D eigenvalue weighted by atomic mass is 16.3. The predicted molar refractivity (Wildman–Crippen MR) is 87.4 cm³/mol. The molecule has 3 aromatic rings. The van der Waals surface area contributed by atoms with E-state index in [4.69, 9.17) is 4.42 Å². The monoisotopic (exact) mass is 279 g/mol. The molecule has 0 fully saturated rings. The van der Waals surface area contributed by atoms with Crippen molar-refractivity contribution >= 4 is 11.0 Å². The van der Waals surface area contributed by atoms with E-state index in [9.17, 15) is 0 Å². The smallest absolute Gasteiger partial charge is 0.134 e. The molecule has 0 bridgehead atoms. The van der Waals surface area contributed by atoms with Crippen molar-refractivity contribution in [1.29, 1.82) is 0 Å². The van der Waals surface area contributed by atoms with E-state index < -0.39 is 0 Å². The Morgan fingerprint density at radius 2 is 1.76 bits per heavy atom. The van der Waals surface area contributed by atoms with Crippen LogP contribution in [-0.4, -0.2) is 6.54 Å². The maximum atomic E-state index is 5.56. The molecule has 0 spiro atoms. The Morgan fingerprint density at radius 1 is 1.00 bits per heavy atom. The largest absolute Gasteiger partial charge is 0.464 e. The van der Waals surface area contributed by atoms with Crippen LogP contribution >= 0.6 is 0 Å². The quantitative estimate of drug-likeness (QED) is 0.661. The van der Waals surface area contributed by atoms with Crippen LogP contribution in [0.2, 0.25) is 0 Å². The molecule has 0 aliphatic rings. The number of para-hydroxylation sites is 1. The van der Waals surface area contributed by atoms with Crippen LogP contribution in [0, 0.1) is 0 Å². The van der Waals surface area contributed by atoms with Crippen LogP contribution in [0.4, 0.5) is 0 Å². The van der Waals surface area contributed by atoms with Gasteiger partial charge in [-0.25, -0.2) is 0 Å². The van der Waals surface area contributed by atoms with Crippen LogP contribution in [0.3, 0.4) is 0 Å². The van der Waals surface area contributed by atoms with Gasteiger partial charge in [-0.05, 0) is 30.5 Å². The van der Waals surface area contributed by atoms with E-state index in [1.165, 1.54) is 16.5 Å². The van der Waals surface area contributed by atoms with Gasteiger partial charge in [-0.1, -0.05) is 55.5 Å². The van der Waals surface area contributed by atoms with Gasteiger partial charge in [-0.15, -0.1) is 0 Å². The average molecular weight is 279 g/mol. The van der Waals surface area contributed by atoms with E-state index in [0.29, 0.717) is 5.92 Å². The Bertz CT molecular complexity index is 687. The molecule has 1 N–H and O–H groups in total. The molecule has 1 unspecified atom stereocenters. The van der Waals surface area contributed by atoms with Crippen LogP contribution in [0.5, 0.6) is 0 Å². The summed E-state index contributed by atoms with van der Waals surface area (Å²) < 4.78 is 5.56. The molecule has 2 nitrogen and oxygen atoms in total. The molecule has 2 heteroatoms. The minimum absolute atomic E-state index is 0.583. The van der Waals surface area contributed by atoms with Gasteiger partial charge in [0.05, 0.1) is 6.26 Å². The summed E-state index contributed by atoms with van der Waals surface area (Å²) in [5.41, 5.74) is 3.61. The molecule has 2 aromatic carbocycles. The molecule has 1 atom stereocenters. The minimum atomic E-state index is 0.583. The van der Waals surface area contributed by atoms with E-state index in [1.54, 1.807) is 0 Å². The molecule has 3 rings (SSSR count). The molecule has 0 saturated heterocycles. The highest BCUT2D eigenvalue weighted by Crippen LogP contribution is 2.21. The summed E-state index contributed by atoms with van der Waals surface area (Å²) in [5.74, 6) is 0.583. The molecule has 0 aliphatic carbocycles. The van der Waals surface area contributed by atoms with Gasteiger partial charge >= 0.3 is 0 Å². The van der Waals surface area contributed by atoms with E-state index >= 15 is 0 Å². The summed E-state index contributed by atoms with van der Waals surface area (Å²) in [6.07, 6.45) is 3.00. The highest BCUT2D eigenvalue weighted by Gasteiger charge is 2.06. The molecule has 1 heterocycles. The van der Waals surface area contributed by atoms with E-state index in [-0.39, 0.29) is 0 Å². The van der Waals surface area contributed by atoms with Crippen molar-refractivity contribution < 1.29 is 4.42 Å². The maximum Gasteiger partial charge on any atom is 0.134 e. The van der Waals surface area contributed by atoms with Gasteiger partial charge in [0.1, 0.15) is 5.58 Å². The van der Waals surface area contributed by atoms with Crippen LogP contribution in [0.15, 0.2) is 65.3 Å². The van der Waals surface area contributed by atoms with Gasteiger partial charge in [0.25, 0.3) is 0 Å². The van der Waals surface area contributed by atoms with Crippen molar-refractivity contribution in [2.45, 2.75) is 25.8 Å². The lowest BCUT2D eigenvalue weighted by Gasteiger charge is -2.12. The summed E-state index contributed by atoms with van der Waals surface area (Å²) in [7, 11) is 0. The van der Waals surface area contributed by atoms with Crippen LogP contribution in [0.25, 0.3) is 11.0 Å². The van der Waals surface area contributed by atoms with Crippen molar-refractivity contribution in [2.75, 3.05) is 6.54 Å². The summed E-state index contributed by atoms with van der Waals surface area (Å²) >= 11 is 0. The van der Waals surface area contributed by atoms with Gasteiger partial charge in [-0.2, -0.15) is 0 Å². The molecule has 21 heavy (non-hydrogen) atoms. The lowest BCUT2D eigenvalue weighted by atomic mass is 9.98. The van der Waals surface area contributed by atoms with Crippen molar-refractivity contribution in [3.63, 3.8) is 0 Å². The standard InChI is InChI=1S/C19H21NO/c1-15(16-7-3-2-4-8-16)11-12-20-13-17-14-21-19-10-6-5-9-18(17)19/h2-10,14-15,20H,11-13H2,1H3. The van der Waals surface area contributed by atoms with Crippen LogP contribution in [0.1, 0.15) is 30.4 Å². The first-order chi connectivity index (χ1) is 10.3. The van der Waals surface area contributed by atoms with Gasteiger partial charge in [0.2, 0.25) is 0 Å². The Morgan fingerprint density at radius 3 is 2.62 bits per heavy atom. The number of furan rings is 1. The fraction of sp³-hybridized carbons (Fsp3) is 0.263. The molecule has 0 radical (unpaired) electrons. The SMILES string of the molecule is CC(CCNCc1coc2ccccc12)c1ccccc1. The van der Waals surface area contributed by atoms with Crippen molar-refractivity contribution in [3.05, 3.63) is 72.0 Å². The Hall–Kier alpha value is -2.06. The number of benzene rings is 2. The minimum Gasteiger partial charge on any atom is -0.464 e. The number of nitrogens with one attached hydrogen (secondary N) is 1. The topological polar surface area (TPSA) is 25.2 Å². The molecule has 108 valence electrons. The third-order valence-electron chi connectivity index (χ3n) is 4.00. The zero-order valence-electron chi connectivity index (χ0n) is 12.4. The summed E-state index contributed by atoms with van der Waals surface area (Å²) in [6.45, 7) is 4.15. The second-order valence-corrected chi connectivity index (χ2v) is 5.53. The molecular formula is C19H21NO. The van der Waals surface area contributed by atoms with Gasteiger partial charge < -0.3 is 9.73 Å². The lowest BCUT2D eigenvalue weighted by Crippen LogP contribution is -2.16. The average Bonchev–Trinajstić information content (AvgIpc) is 2.95. The second-order valence-electron chi connectivity index (χ2n) is 5.53. The first-order valence-electron chi connectivity index (χ1n) is 7.55. The maximum absolute atomic E-state index is 5.56.